The molecule has 116 valence electrons. The van der Waals surface area contributed by atoms with Crippen LogP contribution in [0.4, 0.5) is 5.00 Å². The van der Waals surface area contributed by atoms with Gasteiger partial charge in [0.15, 0.2) is 11.5 Å². The Morgan fingerprint density at radius 2 is 2.13 bits per heavy atom. The highest BCUT2D eigenvalue weighted by molar-refractivity contribution is 7.16. The lowest BCUT2D eigenvalue weighted by atomic mass is 10.1. The molecule has 6 heteroatoms. The molecule has 1 aromatic heterocycles. The van der Waals surface area contributed by atoms with Crippen LogP contribution in [0.1, 0.15) is 22.4 Å². The Kier molecular flexibility index (Phi) is 3.43. The molecule has 1 amide bonds. The number of carbonyl (C=O) groups is 1. The van der Waals surface area contributed by atoms with Crippen LogP contribution in [0.2, 0.25) is 0 Å². The summed E-state index contributed by atoms with van der Waals surface area (Å²) in [5.41, 5.74) is 1.70. The number of ether oxygens (including phenoxy) is 2. The Balaban J connectivity index is 1.53. The van der Waals surface area contributed by atoms with E-state index in [1.807, 2.05) is 12.1 Å². The fraction of sp³-hybridized carbons (Fsp3) is 0.294. The van der Waals surface area contributed by atoms with Crippen molar-refractivity contribution in [1.29, 1.82) is 5.26 Å². The predicted octanol–water partition coefficient (Wildman–Crippen LogP) is 2.89. The monoisotopic (exact) mass is 326 g/mol. The maximum Gasteiger partial charge on any atom is 0.269 e. The first kappa shape index (κ1) is 14.1. The Hall–Kier alpha value is -2.52. The molecule has 2 aromatic rings. The minimum absolute atomic E-state index is 0.163. The molecule has 2 aliphatic rings. The third-order valence-electron chi connectivity index (χ3n) is 4.07. The van der Waals surface area contributed by atoms with Gasteiger partial charge in [-0.25, -0.2) is 0 Å². The molecule has 0 spiro atoms. The van der Waals surface area contributed by atoms with Gasteiger partial charge >= 0.3 is 0 Å². The molecule has 23 heavy (non-hydrogen) atoms. The first-order valence-corrected chi connectivity index (χ1v) is 8.32. The number of rotatable bonds is 2. The highest BCUT2D eigenvalue weighted by Gasteiger charge is 2.29. The smallest absolute Gasteiger partial charge is 0.269 e. The summed E-state index contributed by atoms with van der Waals surface area (Å²) >= 11 is 1.50. The number of thiophene rings is 1. The third kappa shape index (κ3) is 2.43. The van der Waals surface area contributed by atoms with E-state index in [0.717, 1.165) is 24.8 Å². The lowest BCUT2D eigenvalue weighted by Gasteiger charge is -2.25. The summed E-state index contributed by atoms with van der Waals surface area (Å²) < 4.78 is 11.3. The van der Waals surface area contributed by atoms with Crippen molar-refractivity contribution in [3.05, 3.63) is 40.3 Å². The maximum atomic E-state index is 12.5. The highest BCUT2D eigenvalue weighted by Crippen LogP contribution is 2.39. The number of amides is 1. The molecule has 5 nitrogen and oxygen atoms in total. The van der Waals surface area contributed by atoms with Crippen molar-refractivity contribution in [1.82, 2.24) is 0 Å². The van der Waals surface area contributed by atoms with Gasteiger partial charge in [-0.1, -0.05) is 12.1 Å². The Morgan fingerprint density at radius 1 is 1.30 bits per heavy atom. The van der Waals surface area contributed by atoms with Crippen molar-refractivity contribution < 1.29 is 14.3 Å². The topological polar surface area (TPSA) is 71.4 Å². The van der Waals surface area contributed by atoms with Gasteiger partial charge in [0.1, 0.15) is 17.7 Å². The lowest BCUT2D eigenvalue weighted by Crippen LogP contribution is -2.40. The molecule has 1 atom stereocenters. The first-order chi connectivity index (χ1) is 11.3. The second kappa shape index (κ2) is 5.60. The van der Waals surface area contributed by atoms with Gasteiger partial charge in [-0.15, -0.1) is 11.3 Å². The number of hydrogen-bond acceptors (Lipinski definition) is 5. The zero-order valence-electron chi connectivity index (χ0n) is 12.3. The standard InChI is InChI=1S/C17H14N2O3S/c18-8-11-10-4-3-7-15(10)23-17(11)19-16(20)14-9-21-12-5-1-2-6-13(12)22-14/h1-2,5-6,14H,3-4,7,9H2,(H,19,20). The van der Waals surface area contributed by atoms with Crippen LogP contribution < -0.4 is 14.8 Å². The number of nitrogens with zero attached hydrogens (tertiary/aromatic N) is 1. The van der Waals surface area contributed by atoms with E-state index in [4.69, 9.17) is 9.47 Å². The molecular weight excluding hydrogens is 312 g/mol. The molecule has 1 aliphatic heterocycles. The number of benzene rings is 1. The fourth-order valence-corrected chi connectivity index (χ4v) is 4.19. The molecule has 0 fully saturated rings. The molecule has 0 bridgehead atoms. The molecular formula is C17H14N2O3S. The summed E-state index contributed by atoms with van der Waals surface area (Å²) in [7, 11) is 0. The van der Waals surface area contributed by atoms with E-state index in [1.54, 1.807) is 12.1 Å². The Bertz CT molecular complexity index is 822. The van der Waals surface area contributed by atoms with E-state index in [1.165, 1.54) is 16.2 Å². The van der Waals surface area contributed by atoms with Crippen molar-refractivity contribution >= 4 is 22.2 Å². The molecule has 1 N–H and O–H groups in total. The van der Waals surface area contributed by atoms with Crippen LogP contribution in [0.25, 0.3) is 0 Å². The molecule has 1 unspecified atom stereocenters. The second-order valence-electron chi connectivity index (χ2n) is 5.53. The minimum atomic E-state index is -0.714. The number of hydrogen-bond donors (Lipinski definition) is 1. The fourth-order valence-electron chi connectivity index (χ4n) is 2.95. The van der Waals surface area contributed by atoms with Gasteiger partial charge in [0, 0.05) is 4.88 Å². The Morgan fingerprint density at radius 3 is 2.96 bits per heavy atom. The van der Waals surface area contributed by atoms with Crippen molar-refractivity contribution in [2.75, 3.05) is 11.9 Å². The van der Waals surface area contributed by atoms with Crippen LogP contribution >= 0.6 is 11.3 Å². The minimum Gasteiger partial charge on any atom is -0.485 e. The van der Waals surface area contributed by atoms with Crippen LogP contribution in [0.3, 0.4) is 0 Å². The number of nitriles is 1. The van der Waals surface area contributed by atoms with E-state index in [-0.39, 0.29) is 12.5 Å². The van der Waals surface area contributed by atoms with Crippen LogP contribution in [0.5, 0.6) is 11.5 Å². The maximum absolute atomic E-state index is 12.5. The van der Waals surface area contributed by atoms with Gasteiger partial charge in [0.2, 0.25) is 6.10 Å². The molecule has 2 heterocycles. The zero-order chi connectivity index (χ0) is 15.8. The normalized spacial score (nSPS) is 18.1. The summed E-state index contributed by atoms with van der Waals surface area (Å²) in [6, 6.07) is 9.49. The predicted molar refractivity (Wildman–Crippen MR) is 86.0 cm³/mol. The quantitative estimate of drug-likeness (QED) is 0.921. The summed E-state index contributed by atoms with van der Waals surface area (Å²) in [4.78, 5) is 13.7. The molecule has 0 saturated carbocycles. The van der Waals surface area contributed by atoms with E-state index in [9.17, 15) is 10.1 Å². The average Bonchev–Trinajstić information content (AvgIpc) is 3.14. The first-order valence-electron chi connectivity index (χ1n) is 7.50. The number of fused-ring (bicyclic) bond motifs is 2. The van der Waals surface area contributed by atoms with Gasteiger partial charge in [-0.2, -0.15) is 5.26 Å². The molecule has 0 radical (unpaired) electrons. The number of nitrogens with one attached hydrogen (secondary N) is 1. The van der Waals surface area contributed by atoms with Crippen LogP contribution in [0, 0.1) is 11.3 Å². The lowest BCUT2D eigenvalue weighted by molar-refractivity contribution is -0.125. The van der Waals surface area contributed by atoms with Gasteiger partial charge < -0.3 is 14.8 Å². The molecule has 4 rings (SSSR count). The van der Waals surface area contributed by atoms with Crippen molar-refractivity contribution in [2.24, 2.45) is 0 Å². The van der Waals surface area contributed by atoms with E-state index >= 15 is 0 Å². The van der Waals surface area contributed by atoms with E-state index < -0.39 is 6.10 Å². The van der Waals surface area contributed by atoms with E-state index in [2.05, 4.69) is 11.4 Å². The summed E-state index contributed by atoms with van der Waals surface area (Å²) in [6.07, 6.45) is 2.27. The SMILES string of the molecule is N#Cc1c(NC(=O)C2COc3ccccc3O2)sc2c1CCC2. The van der Waals surface area contributed by atoms with Gasteiger partial charge in [0.05, 0.1) is 5.56 Å². The van der Waals surface area contributed by atoms with Crippen molar-refractivity contribution in [3.63, 3.8) is 0 Å². The van der Waals surface area contributed by atoms with Gasteiger partial charge in [0.25, 0.3) is 5.91 Å². The number of anilines is 1. The van der Waals surface area contributed by atoms with Gasteiger partial charge in [-0.05, 0) is 37.0 Å². The van der Waals surface area contributed by atoms with E-state index in [0.29, 0.717) is 22.1 Å². The summed E-state index contributed by atoms with van der Waals surface area (Å²) in [5.74, 6) is 0.924. The van der Waals surface area contributed by atoms with Crippen molar-refractivity contribution in [3.8, 4) is 17.6 Å². The largest absolute Gasteiger partial charge is 0.485 e. The Labute approximate surface area is 137 Å². The number of para-hydroxylation sites is 2. The average molecular weight is 326 g/mol. The highest BCUT2D eigenvalue weighted by atomic mass is 32.1. The molecule has 1 aliphatic carbocycles. The summed E-state index contributed by atoms with van der Waals surface area (Å²) in [5, 5.41) is 12.8. The molecule has 0 saturated heterocycles. The number of carbonyl (C=O) groups excluding carboxylic acids is 1. The van der Waals surface area contributed by atoms with Crippen molar-refractivity contribution in [2.45, 2.75) is 25.4 Å². The van der Waals surface area contributed by atoms with Crippen LogP contribution in [-0.2, 0) is 17.6 Å². The summed E-state index contributed by atoms with van der Waals surface area (Å²) in [6.45, 7) is 0.163. The number of aryl methyl sites for hydroxylation is 1. The van der Waals surface area contributed by atoms with Crippen LogP contribution in [-0.4, -0.2) is 18.6 Å². The zero-order valence-corrected chi connectivity index (χ0v) is 13.1. The molecule has 1 aromatic carbocycles. The second-order valence-corrected chi connectivity index (χ2v) is 6.63. The third-order valence-corrected chi connectivity index (χ3v) is 5.28. The van der Waals surface area contributed by atoms with Gasteiger partial charge in [-0.3, -0.25) is 4.79 Å². The van der Waals surface area contributed by atoms with Crippen LogP contribution in [0.15, 0.2) is 24.3 Å².